The summed E-state index contributed by atoms with van der Waals surface area (Å²) >= 11 is 0. The molecule has 8 heteroatoms. The highest BCUT2D eigenvalue weighted by Gasteiger charge is 2.52. The van der Waals surface area contributed by atoms with Gasteiger partial charge in [-0.3, -0.25) is 14.9 Å². The first-order chi connectivity index (χ1) is 11.7. The molecule has 0 heterocycles. The zero-order valence-corrected chi connectivity index (χ0v) is 14.3. The lowest BCUT2D eigenvalue weighted by Gasteiger charge is -2.30. The second-order valence-corrected chi connectivity index (χ2v) is 5.30. The summed E-state index contributed by atoms with van der Waals surface area (Å²) in [5.41, 5.74) is 0.586. The number of hydrogen-bond acceptors (Lipinski definition) is 5. The Kier molecular flexibility index (Phi) is 7.89. The van der Waals surface area contributed by atoms with Crippen LogP contribution in [0.2, 0.25) is 0 Å². The Morgan fingerprint density at radius 2 is 1.52 bits per heavy atom. The predicted octanol–water partition coefficient (Wildman–Crippen LogP) is 3.01. The summed E-state index contributed by atoms with van der Waals surface area (Å²) in [6, 6.07) is 5.22. The molecule has 0 aliphatic rings. The lowest BCUT2D eigenvalue weighted by molar-refractivity contribution is -0.193. The fraction of sp³-hybridized carbons (Fsp3) is 0.529. The van der Waals surface area contributed by atoms with Gasteiger partial charge in [0.1, 0.15) is 6.04 Å². The summed E-state index contributed by atoms with van der Waals surface area (Å²) < 4.78 is 50.0. The summed E-state index contributed by atoms with van der Waals surface area (Å²) in [6.07, 6.45) is -4.85. The number of nitrogens with one attached hydrogen (secondary N) is 1. The SMILES string of the molecule is CCOC(=O)C(C(=O)OCC)C(N[C@H](C)c1ccccc1)C(F)(F)F. The number of alkyl halides is 3. The van der Waals surface area contributed by atoms with E-state index >= 15 is 0 Å². The number of ether oxygens (including phenoxy) is 2. The molecule has 0 aliphatic carbocycles. The third-order valence-corrected chi connectivity index (χ3v) is 3.50. The molecule has 0 saturated carbocycles. The first kappa shape index (κ1) is 21.0. The van der Waals surface area contributed by atoms with Gasteiger partial charge in [-0.1, -0.05) is 30.3 Å². The molecule has 25 heavy (non-hydrogen) atoms. The Bertz CT molecular complexity index is 545. The van der Waals surface area contributed by atoms with Crippen LogP contribution < -0.4 is 5.32 Å². The van der Waals surface area contributed by atoms with Gasteiger partial charge in [0.05, 0.1) is 13.2 Å². The number of esters is 2. The van der Waals surface area contributed by atoms with Crippen molar-refractivity contribution < 1.29 is 32.2 Å². The van der Waals surface area contributed by atoms with Crippen LogP contribution in [0, 0.1) is 5.92 Å². The maximum Gasteiger partial charge on any atom is 0.405 e. The monoisotopic (exact) mass is 361 g/mol. The lowest BCUT2D eigenvalue weighted by atomic mass is 9.97. The van der Waals surface area contributed by atoms with Crippen molar-refractivity contribution in [1.82, 2.24) is 5.32 Å². The van der Waals surface area contributed by atoms with Crippen molar-refractivity contribution >= 4 is 11.9 Å². The van der Waals surface area contributed by atoms with E-state index in [1.54, 1.807) is 30.3 Å². The Balaban J connectivity index is 3.15. The van der Waals surface area contributed by atoms with Gasteiger partial charge in [-0.2, -0.15) is 13.2 Å². The highest BCUT2D eigenvalue weighted by Crippen LogP contribution is 2.30. The Labute approximate surface area is 144 Å². The number of rotatable bonds is 8. The maximum absolute atomic E-state index is 13.6. The van der Waals surface area contributed by atoms with E-state index in [1.807, 2.05) is 0 Å². The molecule has 0 aromatic heterocycles. The van der Waals surface area contributed by atoms with E-state index in [2.05, 4.69) is 14.8 Å². The van der Waals surface area contributed by atoms with Crippen LogP contribution in [0.3, 0.4) is 0 Å². The van der Waals surface area contributed by atoms with Crippen LogP contribution in [0.5, 0.6) is 0 Å². The standard InChI is InChI=1S/C17H22F3NO4/c1-4-24-15(22)13(16(23)25-5-2)14(17(18,19)20)21-11(3)12-9-7-6-8-10-12/h6-11,13-14,21H,4-5H2,1-3H3/t11-,14?/m1/s1. The van der Waals surface area contributed by atoms with Crippen LogP contribution in [0.4, 0.5) is 13.2 Å². The summed E-state index contributed by atoms with van der Waals surface area (Å²) in [5.74, 6) is -4.67. The maximum atomic E-state index is 13.6. The molecule has 0 spiro atoms. The zero-order chi connectivity index (χ0) is 19.0. The first-order valence-electron chi connectivity index (χ1n) is 7.93. The van der Waals surface area contributed by atoms with E-state index in [4.69, 9.17) is 0 Å². The Morgan fingerprint density at radius 1 is 1.04 bits per heavy atom. The molecule has 1 aromatic carbocycles. The largest absolute Gasteiger partial charge is 0.465 e. The van der Waals surface area contributed by atoms with Crippen molar-refractivity contribution in [2.24, 2.45) is 5.92 Å². The highest BCUT2D eigenvalue weighted by atomic mass is 19.4. The molecule has 1 N–H and O–H groups in total. The van der Waals surface area contributed by atoms with Gasteiger partial charge in [0.15, 0.2) is 5.92 Å². The van der Waals surface area contributed by atoms with E-state index in [-0.39, 0.29) is 13.2 Å². The average molecular weight is 361 g/mol. The zero-order valence-electron chi connectivity index (χ0n) is 14.3. The molecule has 140 valence electrons. The molecule has 0 fully saturated rings. The fourth-order valence-electron chi connectivity index (χ4n) is 2.32. The van der Waals surface area contributed by atoms with E-state index in [9.17, 15) is 22.8 Å². The molecule has 5 nitrogen and oxygen atoms in total. The molecule has 0 amide bonds. The molecule has 1 unspecified atom stereocenters. The fourth-order valence-corrected chi connectivity index (χ4v) is 2.32. The molecule has 1 aromatic rings. The van der Waals surface area contributed by atoms with Crippen LogP contribution in [0.25, 0.3) is 0 Å². The number of halogens is 3. The van der Waals surface area contributed by atoms with Gasteiger partial charge in [0.2, 0.25) is 0 Å². The second-order valence-electron chi connectivity index (χ2n) is 5.30. The summed E-state index contributed by atoms with van der Waals surface area (Å²) in [4.78, 5) is 24.0. The van der Waals surface area contributed by atoms with E-state index in [1.165, 1.54) is 20.8 Å². The minimum absolute atomic E-state index is 0.145. The Hall–Kier alpha value is -2.09. The van der Waals surface area contributed by atoms with Crippen LogP contribution in [-0.4, -0.2) is 37.4 Å². The van der Waals surface area contributed by atoms with Crippen molar-refractivity contribution in [3.05, 3.63) is 35.9 Å². The van der Waals surface area contributed by atoms with Gasteiger partial charge >= 0.3 is 18.1 Å². The molecule has 0 bridgehead atoms. The van der Waals surface area contributed by atoms with Crippen LogP contribution in [0.1, 0.15) is 32.4 Å². The smallest absolute Gasteiger partial charge is 0.405 e. The number of benzene rings is 1. The average Bonchev–Trinajstić information content (AvgIpc) is 2.54. The van der Waals surface area contributed by atoms with Gasteiger partial charge in [-0.05, 0) is 26.3 Å². The summed E-state index contributed by atoms with van der Waals surface area (Å²) in [7, 11) is 0. The molecule has 1 rings (SSSR count). The van der Waals surface area contributed by atoms with Gasteiger partial charge in [0.25, 0.3) is 0 Å². The van der Waals surface area contributed by atoms with E-state index < -0.39 is 36.1 Å². The minimum Gasteiger partial charge on any atom is -0.465 e. The first-order valence-corrected chi connectivity index (χ1v) is 7.93. The summed E-state index contributed by atoms with van der Waals surface area (Å²) in [6.45, 7) is 4.12. The Morgan fingerprint density at radius 3 is 1.92 bits per heavy atom. The third-order valence-electron chi connectivity index (χ3n) is 3.50. The highest BCUT2D eigenvalue weighted by molar-refractivity contribution is 5.96. The molecular weight excluding hydrogens is 339 g/mol. The second kappa shape index (κ2) is 9.41. The predicted molar refractivity (Wildman–Crippen MR) is 84.6 cm³/mol. The molecule has 2 atom stereocenters. The van der Waals surface area contributed by atoms with Crippen molar-refractivity contribution in [3.8, 4) is 0 Å². The van der Waals surface area contributed by atoms with Crippen LogP contribution in [0.15, 0.2) is 30.3 Å². The quantitative estimate of drug-likeness (QED) is 0.570. The van der Waals surface area contributed by atoms with E-state index in [0.29, 0.717) is 5.56 Å². The van der Waals surface area contributed by atoms with Gasteiger partial charge in [-0.15, -0.1) is 0 Å². The number of hydrogen-bond donors (Lipinski definition) is 1. The van der Waals surface area contributed by atoms with Crippen molar-refractivity contribution in [3.63, 3.8) is 0 Å². The van der Waals surface area contributed by atoms with Crippen molar-refractivity contribution in [2.75, 3.05) is 13.2 Å². The van der Waals surface area contributed by atoms with Gasteiger partial charge in [0, 0.05) is 6.04 Å². The third kappa shape index (κ3) is 6.04. The minimum atomic E-state index is -4.85. The number of carbonyl (C=O) groups excluding carboxylic acids is 2. The normalized spacial score (nSPS) is 14.0. The molecule has 0 aliphatic heterocycles. The number of carbonyl (C=O) groups is 2. The van der Waals surface area contributed by atoms with Crippen molar-refractivity contribution in [2.45, 2.75) is 39.0 Å². The molecular formula is C17H22F3NO4. The van der Waals surface area contributed by atoms with Crippen LogP contribution in [-0.2, 0) is 19.1 Å². The van der Waals surface area contributed by atoms with E-state index in [0.717, 1.165) is 0 Å². The molecule has 0 radical (unpaired) electrons. The van der Waals surface area contributed by atoms with Gasteiger partial charge < -0.3 is 9.47 Å². The topological polar surface area (TPSA) is 64.6 Å². The van der Waals surface area contributed by atoms with Crippen LogP contribution >= 0.6 is 0 Å². The van der Waals surface area contributed by atoms with Gasteiger partial charge in [-0.25, -0.2) is 0 Å². The summed E-state index contributed by atoms with van der Waals surface area (Å²) in [5, 5.41) is 2.33. The molecule has 0 saturated heterocycles. The lowest BCUT2D eigenvalue weighted by Crippen LogP contribution is -2.54. The van der Waals surface area contributed by atoms with Crippen molar-refractivity contribution in [1.29, 1.82) is 0 Å².